The number of hydrogen-bond donors (Lipinski definition) is 2. The van der Waals surface area contributed by atoms with E-state index in [4.69, 9.17) is 9.84 Å². The van der Waals surface area contributed by atoms with Gasteiger partial charge in [0, 0.05) is 5.56 Å². The molecular formula is C17H15NO5. The summed E-state index contributed by atoms with van der Waals surface area (Å²) in [5.74, 6) is -1.71. The molecule has 0 atom stereocenters. The summed E-state index contributed by atoms with van der Waals surface area (Å²) in [4.78, 5) is 34.7. The topological polar surface area (TPSA) is 92.7 Å². The van der Waals surface area contributed by atoms with Crippen molar-refractivity contribution in [2.45, 2.75) is 0 Å². The van der Waals surface area contributed by atoms with Gasteiger partial charge in [-0.05, 0) is 12.1 Å². The summed E-state index contributed by atoms with van der Waals surface area (Å²) in [5, 5.41) is 11.1. The van der Waals surface area contributed by atoms with Crippen molar-refractivity contribution in [3.63, 3.8) is 0 Å². The largest absolute Gasteiger partial charge is 0.481 e. The molecule has 0 heterocycles. The number of rotatable bonds is 7. The molecule has 0 unspecified atom stereocenters. The molecule has 0 saturated carbocycles. The fraction of sp³-hybridized carbons (Fsp3) is 0.118. The van der Waals surface area contributed by atoms with Gasteiger partial charge in [-0.15, -0.1) is 0 Å². The Labute approximate surface area is 132 Å². The number of para-hydroxylation sites is 1. The summed E-state index contributed by atoms with van der Waals surface area (Å²) in [6.45, 7) is -0.705. The number of aliphatic carboxylic acids is 1. The van der Waals surface area contributed by atoms with Gasteiger partial charge in [0.2, 0.25) is 0 Å². The molecule has 2 N–H and O–H groups in total. The summed E-state index contributed by atoms with van der Waals surface area (Å²) >= 11 is 0. The van der Waals surface area contributed by atoms with E-state index in [0.29, 0.717) is 5.56 Å². The SMILES string of the molecule is O=C(O)COc1ccccc1C(=O)NCC(=O)c1ccccc1. The molecule has 23 heavy (non-hydrogen) atoms. The normalized spacial score (nSPS) is 9.91. The standard InChI is InChI=1S/C17H15NO5/c19-14(12-6-2-1-3-7-12)10-18-17(22)13-8-4-5-9-15(13)23-11-16(20)21/h1-9H,10-11H2,(H,18,22)(H,20,21). The molecule has 0 saturated heterocycles. The molecule has 6 heteroatoms. The van der Waals surface area contributed by atoms with Gasteiger partial charge in [0.1, 0.15) is 5.75 Å². The second kappa shape index (κ2) is 7.74. The minimum absolute atomic E-state index is 0.152. The third-order valence-electron chi connectivity index (χ3n) is 2.99. The van der Waals surface area contributed by atoms with E-state index in [2.05, 4.69) is 5.32 Å². The molecule has 2 aromatic carbocycles. The van der Waals surface area contributed by atoms with Crippen molar-refractivity contribution in [1.82, 2.24) is 5.32 Å². The smallest absolute Gasteiger partial charge is 0.341 e. The number of carboxylic acids is 1. The van der Waals surface area contributed by atoms with E-state index in [1.165, 1.54) is 12.1 Å². The molecule has 1 amide bonds. The number of ketones is 1. The summed E-state index contributed by atoms with van der Waals surface area (Å²) in [5.41, 5.74) is 0.679. The number of carbonyl (C=O) groups excluding carboxylic acids is 2. The molecule has 2 aromatic rings. The first-order chi connectivity index (χ1) is 11.1. The highest BCUT2D eigenvalue weighted by molar-refractivity contribution is 6.03. The molecule has 0 aliphatic rings. The highest BCUT2D eigenvalue weighted by Gasteiger charge is 2.14. The second-order valence-electron chi connectivity index (χ2n) is 4.65. The van der Waals surface area contributed by atoms with Crippen LogP contribution in [-0.2, 0) is 4.79 Å². The first kappa shape index (κ1) is 16.2. The van der Waals surface area contributed by atoms with Crippen LogP contribution in [-0.4, -0.2) is 35.9 Å². The van der Waals surface area contributed by atoms with E-state index >= 15 is 0 Å². The number of hydrogen-bond acceptors (Lipinski definition) is 4. The molecule has 0 aromatic heterocycles. The van der Waals surface area contributed by atoms with Crippen molar-refractivity contribution in [2.24, 2.45) is 0 Å². The zero-order chi connectivity index (χ0) is 16.7. The van der Waals surface area contributed by atoms with Crippen LogP contribution in [0.25, 0.3) is 0 Å². The highest BCUT2D eigenvalue weighted by Crippen LogP contribution is 2.17. The van der Waals surface area contributed by atoms with E-state index in [0.717, 1.165) is 0 Å². The lowest BCUT2D eigenvalue weighted by Gasteiger charge is -2.10. The maximum absolute atomic E-state index is 12.2. The Bertz CT molecular complexity index is 712. The van der Waals surface area contributed by atoms with Crippen LogP contribution in [0.3, 0.4) is 0 Å². The molecule has 0 spiro atoms. The Balaban J connectivity index is 2.01. The summed E-state index contributed by atoms with van der Waals surface area (Å²) in [7, 11) is 0. The fourth-order valence-electron chi connectivity index (χ4n) is 1.90. The van der Waals surface area contributed by atoms with Crippen LogP contribution < -0.4 is 10.1 Å². The monoisotopic (exact) mass is 313 g/mol. The van der Waals surface area contributed by atoms with Gasteiger partial charge in [0.25, 0.3) is 5.91 Å². The number of Topliss-reactive ketones (excluding diaryl/α,β-unsaturated/α-hetero) is 1. The van der Waals surface area contributed by atoms with Crippen molar-refractivity contribution in [2.75, 3.05) is 13.2 Å². The van der Waals surface area contributed by atoms with E-state index in [1.807, 2.05) is 0 Å². The first-order valence-electron chi connectivity index (χ1n) is 6.88. The van der Waals surface area contributed by atoms with Gasteiger partial charge in [-0.2, -0.15) is 0 Å². The summed E-state index contributed by atoms with van der Waals surface area (Å²) in [6.07, 6.45) is 0. The highest BCUT2D eigenvalue weighted by atomic mass is 16.5. The van der Waals surface area contributed by atoms with Crippen LogP contribution in [0.4, 0.5) is 0 Å². The third kappa shape index (κ3) is 4.67. The van der Waals surface area contributed by atoms with Crippen molar-refractivity contribution in [3.05, 3.63) is 65.7 Å². The van der Waals surface area contributed by atoms with E-state index < -0.39 is 18.5 Å². The van der Waals surface area contributed by atoms with E-state index in [-0.39, 0.29) is 23.6 Å². The third-order valence-corrected chi connectivity index (χ3v) is 2.99. The molecular weight excluding hydrogens is 298 g/mol. The lowest BCUT2D eigenvalue weighted by atomic mass is 10.1. The van der Waals surface area contributed by atoms with Gasteiger partial charge < -0.3 is 15.2 Å². The van der Waals surface area contributed by atoms with Gasteiger partial charge in [0.05, 0.1) is 12.1 Å². The zero-order valence-corrected chi connectivity index (χ0v) is 12.2. The number of nitrogens with one attached hydrogen (secondary N) is 1. The first-order valence-corrected chi connectivity index (χ1v) is 6.88. The molecule has 6 nitrogen and oxygen atoms in total. The molecule has 0 fully saturated rings. The molecule has 0 bridgehead atoms. The minimum atomic E-state index is -1.14. The Morgan fingerprint density at radius 1 is 0.957 bits per heavy atom. The summed E-state index contributed by atoms with van der Waals surface area (Å²) < 4.78 is 5.07. The average Bonchev–Trinajstić information content (AvgIpc) is 2.58. The maximum atomic E-state index is 12.2. The van der Waals surface area contributed by atoms with E-state index in [9.17, 15) is 14.4 Å². The summed E-state index contributed by atoms with van der Waals surface area (Å²) in [6, 6.07) is 14.9. The van der Waals surface area contributed by atoms with Crippen LogP contribution in [0.2, 0.25) is 0 Å². The Morgan fingerprint density at radius 3 is 2.30 bits per heavy atom. The van der Waals surface area contributed by atoms with Gasteiger partial charge in [-0.25, -0.2) is 4.79 Å². The number of benzene rings is 2. The predicted molar refractivity (Wildman–Crippen MR) is 82.7 cm³/mol. The number of ether oxygens (including phenoxy) is 1. The number of carbonyl (C=O) groups is 3. The van der Waals surface area contributed by atoms with Crippen molar-refractivity contribution in [1.29, 1.82) is 0 Å². The molecule has 2 rings (SSSR count). The van der Waals surface area contributed by atoms with Crippen LogP contribution in [0.1, 0.15) is 20.7 Å². The minimum Gasteiger partial charge on any atom is -0.481 e. The van der Waals surface area contributed by atoms with Crippen molar-refractivity contribution >= 4 is 17.7 Å². The lowest BCUT2D eigenvalue weighted by Crippen LogP contribution is -2.30. The number of amides is 1. The fourth-order valence-corrected chi connectivity index (χ4v) is 1.90. The average molecular weight is 313 g/mol. The van der Waals surface area contributed by atoms with Gasteiger partial charge in [-0.1, -0.05) is 42.5 Å². The van der Waals surface area contributed by atoms with Crippen LogP contribution in [0.15, 0.2) is 54.6 Å². The molecule has 0 aliphatic heterocycles. The van der Waals surface area contributed by atoms with Crippen LogP contribution >= 0.6 is 0 Å². The second-order valence-corrected chi connectivity index (χ2v) is 4.65. The number of carboxylic acid groups (broad SMARTS) is 1. The Kier molecular flexibility index (Phi) is 5.46. The van der Waals surface area contributed by atoms with Crippen molar-refractivity contribution in [3.8, 4) is 5.75 Å². The van der Waals surface area contributed by atoms with Crippen LogP contribution in [0.5, 0.6) is 5.75 Å². The maximum Gasteiger partial charge on any atom is 0.341 e. The molecule has 118 valence electrons. The van der Waals surface area contributed by atoms with Crippen LogP contribution in [0, 0.1) is 0 Å². The van der Waals surface area contributed by atoms with Gasteiger partial charge >= 0.3 is 5.97 Å². The van der Waals surface area contributed by atoms with E-state index in [1.54, 1.807) is 42.5 Å². The predicted octanol–water partition coefficient (Wildman–Crippen LogP) is 1.76. The quantitative estimate of drug-likeness (QED) is 0.760. The molecule has 0 aliphatic carbocycles. The van der Waals surface area contributed by atoms with Gasteiger partial charge in [0.15, 0.2) is 12.4 Å². The Morgan fingerprint density at radius 2 is 1.61 bits per heavy atom. The van der Waals surface area contributed by atoms with Gasteiger partial charge in [-0.3, -0.25) is 9.59 Å². The Hall–Kier alpha value is -3.15. The molecule has 0 radical (unpaired) electrons. The van der Waals surface area contributed by atoms with Crippen molar-refractivity contribution < 1.29 is 24.2 Å². The lowest BCUT2D eigenvalue weighted by molar-refractivity contribution is -0.139. The zero-order valence-electron chi connectivity index (χ0n) is 12.2.